The van der Waals surface area contributed by atoms with Crippen LogP contribution in [0.25, 0.3) is 0 Å². The van der Waals surface area contributed by atoms with E-state index in [9.17, 15) is 0 Å². The molecule has 0 nitrogen and oxygen atoms in total. The SMILES string of the molecule is C/C=C/C1CCC(C(C)CCCC(C)C)CC1. The zero-order valence-electron chi connectivity index (χ0n) is 12.4. The standard InChI is InChI=1S/C17H32/c1-5-7-16-10-12-17(13-11-16)15(4)9-6-8-14(2)3/h5,7,14-17H,6,8-13H2,1-4H3/b7-5+. The van der Waals surface area contributed by atoms with Gasteiger partial charge in [-0.25, -0.2) is 0 Å². The Balaban J connectivity index is 2.19. The number of hydrogen-bond acceptors (Lipinski definition) is 0. The lowest BCUT2D eigenvalue weighted by Crippen LogP contribution is -2.19. The fourth-order valence-corrected chi connectivity index (χ4v) is 3.26. The summed E-state index contributed by atoms with van der Waals surface area (Å²) in [6.07, 6.45) is 14.8. The van der Waals surface area contributed by atoms with E-state index in [0.717, 1.165) is 23.7 Å². The van der Waals surface area contributed by atoms with Gasteiger partial charge in [0.1, 0.15) is 0 Å². The first-order chi connectivity index (χ1) is 8.13. The molecule has 1 aliphatic rings. The van der Waals surface area contributed by atoms with Crippen LogP contribution in [0.3, 0.4) is 0 Å². The second kappa shape index (κ2) is 7.95. The van der Waals surface area contributed by atoms with Gasteiger partial charge < -0.3 is 0 Å². The summed E-state index contributed by atoms with van der Waals surface area (Å²) >= 11 is 0. The molecule has 0 N–H and O–H groups in total. The summed E-state index contributed by atoms with van der Waals surface area (Å²) in [6.45, 7) is 9.32. The van der Waals surface area contributed by atoms with E-state index < -0.39 is 0 Å². The van der Waals surface area contributed by atoms with Crippen LogP contribution in [0, 0.1) is 23.7 Å². The summed E-state index contributed by atoms with van der Waals surface area (Å²) in [5.74, 6) is 3.75. The van der Waals surface area contributed by atoms with Gasteiger partial charge in [-0.15, -0.1) is 0 Å². The van der Waals surface area contributed by atoms with Gasteiger partial charge in [0.05, 0.1) is 0 Å². The third kappa shape index (κ3) is 5.75. The predicted molar refractivity (Wildman–Crippen MR) is 78.1 cm³/mol. The van der Waals surface area contributed by atoms with E-state index >= 15 is 0 Å². The highest BCUT2D eigenvalue weighted by Gasteiger charge is 2.23. The van der Waals surface area contributed by atoms with Crippen molar-refractivity contribution in [2.75, 3.05) is 0 Å². The molecule has 0 heterocycles. The Kier molecular flexibility index (Phi) is 6.92. The monoisotopic (exact) mass is 236 g/mol. The van der Waals surface area contributed by atoms with Crippen molar-refractivity contribution in [1.29, 1.82) is 0 Å². The maximum atomic E-state index is 2.49. The minimum atomic E-state index is 0.882. The molecule has 1 rings (SSSR count). The van der Waals surface area contributed by atoms with E-state index in [4.69, 9.17) is 0 Å². The average Bonchev–Trinajstić information content (AvgIpc) is 2.30. The van der Waals surface area contributed by atoms with Gasteiger partial charge in [-0.3, -0.25) is 0 Å². The maximum absolute atomic E-state index is 2.49. The van der Waals surface area contributed by atoms with Crippen LogP contribution in [0.2, 0.25) is 0 Å². The molecule has 0 aliphatic heterocycles. The van der Waals surface area contributed by atoms with E-state index in [-0.39, 0.29) is 0 Å². The zero-order chi connectivity index (χ0) is 12.7. The Labute approximate surface area is 109 Å². The van der Waals surface area contributed by atoms with Crippen LogP contribution < -0.4 is 0 Å². The van der Waals surface area contributed by atoms with Gasteiger partial charge in [-0.2, -0.15) is 0 Å². The van der Waals surface area contributed by atoms with Crippen molar-refractivity contribution in [2.24, 2.45) is 23.7 Å². The summed E-state index contributed by atoms with van der Waals surface area (Å²) < 4.78 is 0. The minimum absolute atomic E-state index is 0.882. The molecule has 0 radical (unpaired) electrons. The van der Waals surface area contributed by atoms with Gasteiger partial charge in [-0.05, 0) is 56.3 Å². The second-order valence-electron chi connectivity index (χ2n) is 6.50. The van der Waals surface area contributed by atoms with E-state index in [1.165, 1.54) is 44.9 Å². The first-order valence-corrected chi connectivity index (χ1v) is 7.76. The highest BCUT2D eigenvalue weighted by Crippen LogP contribution is 2.35. The van der Waals surface area contributed by atoms with E-state index in [2.05, 4.69) is 39.8 Å². The third-order valence-electron chi connectivity index (χ3n) is 4.53. The zero-order valence-corrected chi connectivity index (χ0v) is 12.4. The lowest BCUT2D eigenvalue weighted by Gasteiger charge is -2.31. The Morgan fingerprint density at radius 3 is 2.18 bits per heavy atom. The molecule has 17 heavy (non-hydrogen) atoms. The molecule has 0 heteroatoms. The Hall–Kier alpha value is -0.260. The van der Waals surface area contributed by atoms with Crippen LogP contribution in [-0.4, -0.2) is 0 Å². The predicted octanol–water partition coefficient (Wildman–Crippen LogP) is 5.83. The Bertz CT molecular complexity index is 206. The summed E-state index contributed by atoms with van der Waals surface area (Å²) in [4.78, 5) is 0. The van der Waals surface area contributed by atoms with Crippen LogP contribution in [-0.2, 0) is 0 Å². The second-order valence-corrected chi connectivity index (χ2v) is 6.50. The smallest absolute Gasteiger partial charge is 0.0233 e. The van der Waals surface area contributed by atoms with Crippen molar-refractivity contribution < 1.29 is 0 Å². The minimum Gasteiger partial charge on any atom is -0.0914 e. The lowest BCUT2D eigenvalue weighted by molar-refractivity contribution is 0.221. The Morgan fingerprint density at radius 2 is 1.65 bits per heavy atom. The third-order valence-corrected chi connectivity index (χ3v) is 4.53. The topological polar surface area (TPSA) is 0 Å². The van der Waals surface area contributed by atoms with Crippen LogP contribution in [0.4, 0.5) is 0 Å². The van der Waals surface area contributed by atoms with Crippen molar-refractivity contribution in [3.05, 3.63) is 12.2 Å². The normalized spacial score (nSPS) is 27.8. The quantitative estimate of drug-likeness (QED) is 0.509. The van der Waals surface area contributed by atoms with Crippen molar-refractivity contribution in [2.45, 2.75) is 72.6 Å². The van der Waals surface area contributed by atoms with Gasteiger partial charge >= 0.3 is 0 Å². The summed E-state index contributed by atoms with van der Waals surface area (Å²) in [6, 6.07) is 0. The molecular weight excluding hydrogens is 204 g/mol. The van der Waals surface area contributed by atoms with Gasteiger partial charge in [0.2, 0.25) is 0 Å². The van der Waals surface area contributed by atoms with Crippen molar-refractivity contribution in [3.8, 4) is 0 Å². The molecule has 1 saturated carbocycles. The first-order valence-electron chi connectivity index (χ1n) is 7.76. The van der Waals surface area contributed by atoms with E-state index in [0.29, 0.717) is 0 Å². The molecule has 0 aromatic rings. The van der Waals surface area contributed by atoms with Crippen LogP contribution >= 0.6 is 0 Å². The molecule has 0 aromatic heterocycles. The molecule has 0 amide bonds. The van der Waals surface area contributed by atoms with Crippen LogP contribution in [0.5, 0.6) is 0 Å². The Morgan fingerprint density at radius 1 is 1.00 bits per heavy atom. The van der Waals surface area contributed by atoms with Gasteiger partial charge in [-0.1, -0.05) is 52.2 Å². The van der Waals surface area contributed by atoms with Gasteiger partial charge in [0.15, 0.2) is 0 Å². The first kappa shape index (κ1) is 14.8. The fraction of sp³-hybridized carbons (Fsp3) is 0.882. The van der Waals surface area contributed by atoms with Crippen LogP contribution in [0.1, 0.15) is 72.6 Å². The van der Waals surface area contributed by atoms with Crippen molar-refractivity contribution >= 4 is 0 Å². The summed E-state index contributed by atoms with van der Waals surface area (Å²) in [7, 11) is 0. The molecule has 0 aromatic carbocycles. The number of rotatable bonds is 6. The molecular formula is C17H32. The lowest BCUT2D eigenvalue weighted by atomic mass is 9.75. The van der Waals surface area contributed by atoms with E-state index in [1.54, 1.807) is 0 Å². The van der Waals surface area contributed by atoms with Gasteiger partial charge in [0, 0.05) is 0 Å². The summed E-state index contributed by atoms with van der Waals surface area (Å²) in [5, 5.41) is 0. The highest BCUT2D eigenvalue weighted by atomic mass is 14.3. The molecule has 1 fully saturated rings. The van der Waals surface area contributed by atoms with Crippen molar-refractivity contribution in [1.82, 2.24) is 0 Å². The molecule has 0 spiro atoms. The molecule has 0 bridgehead atoms. The molecule has 100 valence electrons. The number of allylic oxidation sites excluding steroid dienone is 2. The fourth-order valence-electron chi connectivity index (χ4n) is 3.26. The molecule has 0 saturated heterocycles. The van der Waals surface area contributed by atoms with Crippen LogP contribution in [0.15, 0.2) is 12.2 Å². The average molecular weight is 236 g/mol. The maximum Gasteiger partial charge on any atom is -0.0233 e. The summed E-state index contributed by atoms with van der Waals surface area (Å²) in [5.41, 5.74) is 0. The van der Waals surface area contributed by atoms with Gasteiger partial charge in [0.25, 0.3) is 0 Å². The largest absolute Gasteiger partial charge is 0.0914 e. The highest BCUT2D eigenvalue weighted by molar-refractivity contribution is 4.89. The van der Waals surface area contributed by atoms with Crippen molar-refractivity contribution in [3.63, 3.8) is 0 Å². The molecule has 1 atom stereocenters. The molecule has 1 unspecified atom stereocenters. The number of hydrogen-bond donors (Lipinski definition) is 0. The van der Waals surface area contributed by atoms with E-state index in [1.807, 2.05) is 0 Å². The molecule has 1 aliphatic carbocycles.